The number of fused-ring (bicyclic) bond motifs is 1. The summed E-state index contributed by atoms with van der Waals surface area (Å²) in [6, 6.07) is 12.3. The van der Waals surface area contributed by atoms with Gasteiger partial charge in [-0.2, -0.15) is 0 Å². The highest BCUT2D eigenvalue weighted by Gasteiger charge is 2.15. The molecule has 1 heterocycles. The van der Waals surface area contributed by atoms with E-state index in [0.717, 1.165) is 0 Å². The van der Waals surface area contributed by atoms with Gasteiger partial charge in [-0.25, -0.2) is 4.39 Å². The van der Waals surface area contributed by atoms with Crippen molar-refractivity contribution in [2.45, 2.75) is 13.0 Å². The van der Waals surface area contributed by atoms with Crippen molar-refractivity contribution in [3.05, 3.63) is 81.9 Å². The van der Waals surface area contributed by atoms with E-state index < -0.39 is 29.1 Å². The Morgan fingerprint density at radius 1 is 1.15 bits per heavy atom. The summed E-state index contributed by atoms with van der Waals surface area (Å²) in [7, 11) is 0. The minimum absolute atomic E-state index is 0.0697. The van der Waals surface area contributed by atoms with Crippen molar-refractivity contribution >= 4 is 22.7 Å². The van der Waals surface area contributed by atoms with Crippen molar-refractivity contribution in [3.63, 3.8) is 0 Å². The topological polar surface area (TPSA) is 91.1 Å². The van der Waals surface area contributed by atoms with E-state index in [9.17, 15) is 18.8 Å². The van der Waals surface area contributed by atoms with Crippen LogP contribution in [0.5, 0.6) is 0 Å². The van der Waals surface area contributed by atoms with Gasteiger partial charge in [0.25, 0.3) is 5.91 Å². The number of pyridine rings is 1. The van der Waals surface area contributed by atoms with Crippen LogP contribution < -0.4 is 16.1 Å². The Hall–Kier alpha value is -3.48. The number of halogens is 1. The molecule has 0 saturated heterocycles. The number of benzene rings is 2. The standard InChI is InChI=1S/C20H18FN3O3/c1-12(13-5-4-6-14(21)9-13)24-18(25)11-23-20(27)16-10-22-17-8-3-2-7-15(17)19(16)26/h2-10,12H,11H2,1H3,(H,22,26)(H,23,27)(H,24,25). The highest BCUT2D eigenvalue weighted by molar-refractivity contribution is 5.98. The second-order valence-electron chi connectivity index (χ2n) is 6.10. The maximum atomic E-state index is 13.3. The molecule has 0 aliphatic heterocycles. The zero-order chi connectivity index (χ0) is 19.4. The molecule has 1 unspecified atom stereocenters. The highest BCUT2D eigenvalue weighted by atomic mass is 19.1. The van der Waals surface area contributed by atoms with Gasteiger partial charge in [-0.3, -0.25) is 14.4 Å². The molecule has 6 nitrogen and oxygen atoms in total. The minimum Gasteiger partial charge on any atom is -0.360 e. The first-order chi connectivity index (χ1) is 13.0. The number of hydrogen-bond acceptors (Lipinski definition) is 3. The van der Waals surface area contributed by atoms with E-state index in [2.05, 4.69) is 15.6 Å². The minimum atomic E-state index is -0.643. The lowest BCUT2D eigenvalue weighted by atomic mass is 10.1. The molecule has 3 rings (SSSR count). The lowest BCUT2D eigenvalue weighted by molar-refractivity contribution is -0.120. The van der Waals surface area contributed by atoms with Crippen molar-refractivity contribution in [1.82, 2.24) is 15.6 Å². The van der Waals surface area contributed by atoms with Crippen LogP contribution in [-0.4, -0.2) is 23.3 Å². The molecule has 3 aromatic rings. The van der Waals surface area contributed by atoms with Gasteiger partial charge < -0.3 is 15.6 Å². The Balaban J connectivity index is 1.63. The highest BCUT2D eigenvalue weighted by Crippen LogP contribution is 2.13. The Morgan fingerprint density at radius 2 is 1.93 bits per heavy atom. The SMILES string of the molecule is CC(NC(=O)CNC(=O)c1c[nH]c2ccccc2c1=O)c1cccc(F)c1. The fourth-order valence-corrected chi connectivity index (χ4v) is 2.74. The van der Waals surface area contributed by atoms with Crippen LogP contribution in [-0.2, 0) is 4.79 Å². The summed E-state index contributed by atoms with van der Waals surface area (Å²) < 4.78 is 13.3. The van der Waals surface area contributed by atoms with Crippen molar-refractivity contribution in [1.29, 1.82) is 0 Å². The lowest BCUT2D eigenvalue weighted by Crippen LogP contribution is -2.39. The molecular formula is C20H18FN3O3. The third-order valence-corrected chi connectivity index (χ3v) is 4.17. The summed E-state index contributed by atoms with van der Waals surface area (Å²) in [4.78, 5) is 39.6. The molecule has 0 aliphatic carbocycles. The first kappa shape index (κ1) is 18.3. The molecule has 1 aromatic heterocycles. The number of hydrogen-bond donors (Lipinski definition) is 3. The monoisotopic (exact) mass is 367 g/mol. The van der Waals surface area contributed by atoms with Gasteiger partial charge in [0.05, 0.1) is 12.6 Å². The van der Waals surface area contributed by atoms with Gasteiger partial charge in [-0.1, -0.05) is 24.3 Å². The number of aromatic amines is 1. The van der Waals surface area contributed by atoms with Crippen LogP contribution in [0.3, 0.4) is 0 Å². The molecule has 0 fully saturated rings. The Bertz CT molecular complexity index is 1060. The van der Waals surface area contributed by atoms with E-state index in [1.165, 1.54) is 18.3 Å². The van der Waals surface area contributed by atoms with Crippen LogP contribution in [0.1, 0.15) is 28.9 Å². The zero-order valence-corrected chi connectivity index (χ0v) is 14.6. The number of carbonyl (C=O) groups is 2. The molecule has 138 valence electrons. The van der Waals surface area contributed by atoms with Gasteiger partial charge in [0.15, 0.2) is 0 Å². The number of aromatic nitrogens is 1. The predicted molar refractivity (Wildman–Crippen MR) is 99.9 cm³/mol. The summed E-state index contributed by atoms with van der Waals surface area (Å²) in [6.45, 7) is 1.41. The molecule has 27 heavy (non-hydrogen) atoms. The average Bonchev–Trinajstić information content (AvgIpc) is 2.66. The summed E-state index contributed by atoms with van der Waals surface area (Å²) in [5.41, 5.74) is 0.761. The molecule has 0 saturated carbocycles. The third-order valence-electron chi connectivity index (χ3n) is 4.17. The lowest BCUT2D eigenvalue weighted by Gasteiger charge is -2.14. The van der Waals surface area contributed by atoms with E-state index in [4.69, 9.17) is 0 Å². The molecule has 1 atom stereocenters. The maximum Gasteiger partial charge on any atom is 0.257 e. The first-order valence-corrected chi connectivity index (χ1v) is 8.39. The molecule has 0 radical (unpaired) electrons. The third kappa shape index (κ3) is 4.20. The summed E-state index contributed by atoms with van der Waals surface area (Å²) >= 11 is 0. The van der Waals surface area contributed by atoms with Crippen molar-refractivity contribution in [2.24, 2.45) is 0 Å². The molecule has 2 aromatic carbocycles. The fraction of sp³-hybridized carbons (Fsp3) is 0.150. The molecular weight excluding hydrogens is 349 g/mol. The second-order valence-corrected chi connectivity index (χ2v) is 6.10. The Labute approximate surface area is 154 Å². The van der Waals surface area contributed by atoms with Gasteiger partial charge in [0.2, 0.25) is 11.3 Å². The number of nitrogens with one attached hydrogen (secondary N) is 3. The van der Waals surface area contributed by atoms with Crippen LogP contribution in [0.25, 0.3) is 10.9 Å². The van der Waals surface area contributed by atoms with E-state index in [0.29, 0.717) is 16.5 Å². The predicted octanol–water partition coefficient (Wildman–Crippen LogP) is 2.27. The first-order valence-electron chi connectivity index (χ1n) is 8.39. The Morgan fingerprint density at radius 3 is 2.70 bits per heavy atom. The largest absolute Gasteiger partial charge is 0.360 e. The molecule has 2 amide bonds. The van der Waals surface area contributed by atoms with Gasteiger partial charge in [0, 0.05) is 17.1 Å². The van der Waals surface area contributed by atoms with E-state index in [1.54, 1.807) is 43.3 Å². The van der Waals surface area contributed by atoms with Gasteiger partial charge in [-0.05, 0) is 36.8 Å². The maximum absolute atomic E-state index is 13.3. The quantitative estimate of drug-likeness (QED) is 0.646. The second kappa shape index (κ2) is 7.82. The van der Waals surface area contributed by atoms with E-state index >= 15 is 0 Å². The molecule has 0 bridgehead atoms. The van der Waals surface area contributed by atoms with E-state index in [-0.39, 0.29) is 12.1 Å². The van der Waals surface area contributed by atoms with Crippen molar-refractivity contribution in [3.8, 4) is 0 Å². The summed E-state index contributed by atoms with van der Waals surface area (Å²) in [5, 5.41) is 5.49. The van der Waals surface area contributed by atoms with Gasteiger partial charge >= 0.3 is 0 Å². The number of rotatable bonds is 5. The van der Waals surface area contributed by atoms with Crippen LogP contribution in [0.2, 0.25) is 0 Å². The zero-order valence-electron chi connectivity index (χ0n) is 14.6. The van der Waals surface area contributed by atoms with Crippen LogP contribution >= 0.6 is 0 Å². The normalized spacial score (nSPS) is 11.8. The fourth-order valence-electron chi connectivity index (χ4n) is 2.74. The van der Waals surface area contributed by atoms with E-state index in [1.807, 2.05) is 0 Å². The van der Waals surface area contributed by atoms with Gasteiger partial charge in [-0.15, -0.1) is 0 Å². The molecule has 7 heteroatoms. The molecule has 0 aliphatic rings. The van der Waals surface area contributed by atoms with Crippen LogP contribution in [0, 0.1) is 5.82 Å². The smallest absolute Gasteiger partial charge is 0.257 e. The number of amides is 2. The van der Waals surface area contributed by atoms with Crippen molar-refractivity contribution < 1.29 is 14.0 Å². The number of H-pyrrole nitrogens is 1. The Kier molecular flexibility index (Phi) is 5.30. The van der Waals surface area contributed by atoms with Crippen molar-refractivity contribution in [2.75, 3.05) is 6.54 Å². The number of para-hydroxylation sites is 1. The summed E-state index contributed by atoms with van der Waals surface area (Å²) in [5.74, 6) is -1.48. The molecule has 3 N–H and O–H groups in total. The van der Waals surface area contributed by atoms with Crippen LogP contribution in [0.15, 0.2) is 59.5 Å². The number of carbonyl (C=O) groups excluding carboxylic acids is 2. The summed E-state index contributed by atoms with van der Waals surface area (Å²) in [6.07, 6.45) is 1.33. The molecule has 0 spiro atoms. The van der Waals surface area contributed by atoms with Gasteiger partial charge in [0.1, 0.15) is 11.4 Å². The van der Waals surface area contributed by atoms with Crippen LogP contribution in [0.4, 0.5) is 4.39 Å². The average molecular weight is 367 g/mol.